The first kappa shape index (κ1) is 30.0. The summed E-state index contributed by atoms with van der Waals surface area (Å²) in [4.78, 5) is 5.08. The van der Waals surface area contributed by atoms with E-state index in [-0.39, 0.29) is 0 Å². The van der Waals surface area contributed by atoms with Gasteiger partial charge in [0.2, 0.25) is 0 Å². The Morgan fingerprint density at radius 2 is 1.00 bits per heavy atom. The average Bonchev–Trinajstić information content (AvgIpc) is 3.19. The lowest BCUT2D eigenvalue weighted by Gasteiger charge is -2.32. The summed E-state index contributed by atoms with van der Waals surface area (Å²) < 4.78 is 0. The summed E-state index contributed by atoms with van der Waals surface area (Å²) in [5.41, 5.74) is 14.5. The van der Waals surface area contributed by atoms with Gasteiger partial charge in [-0.05, 0) is 135 Å². The molecule has 0 saturated heterocycles. The van der Waals surface area contributed by atoms with Gasteiger partial charge in [-0.1, -0.05) is 121 Å². The highest BCUT2D eigenvalue weighted by atomic mass is 15.1. The molecule has 0 atom stereocenters. The Bertz CT molecular complexity index is 2630. The predicted molar refractivity (Wildman–Crippen MR) is 218 cm³/mol. The molecular formula is C49H40N2. The topological polar surface area (TPSA) is 6.48 Å². The highest BCUT2D eigenvalue weighted by Gasteiger charge is 2.24. The van der Waals surface area contributed by atoms with Crippen LogP contribution in [-0.4, -0.2) is 13.1 Å². The van der Waals surface area contributed by atoms with E-state index >= 15 is 0 Å². The minimum atomic E-state index is 1.02. The molecule has 0 N–H and O–H groups in total. The van der Waals surface area contributed by atoms with Crippen molar-refractivity contribution in [1.29, 1.82) is 0 Å². The quantitative estimate of drug-likeness (QED) is 0.174. The molecule has 0 aromatic heterocycles. The van der Waals surface area contributed by atoms with Gasteiger partial charge in [0.25, 0.3) is 0 Å². The molecule has 0 fully saturated rings. The fraction of sp³-hybridized carbons (Fsp3) is 0.143. The second-order valence-corrected chi connectivity index (χ2v) is 14.4. The summed E-state index contributed by atoms with van der Waals surface area (Å²) >= 11 is 0. The van der Waals surface area contributed by atoms with Crippen molar-refractivity contribution in [3.63, 3.8) is 0 Å². The second kappa shape index (κ2) is 12.2. The maximum atomic E-state index is 2.54. The third-order valence-corrected chi connectivity index (χ3v) is 11.3. The van der Waals surface area contributed by atoms with E-state index < -0.39 is 0 Å². The number of aryl methyl sites for hydroxylation is 3. The smallest absolute Gasteiger partial charge is 0.0443 e. The summed E-state index contributed by atoms with van der Waals surface area (Å²) in [6, 6.07) is 57.2. The van der Waals surface area contributed by atoms with E-state index in [2.05, 4.69) is 168 Å². The fourth-order valence-electron chi connectivity index (χ4n) is 8.99. The molecule has 0 radical (unpaired) electrons. The Balaban J connectivity index is 1.32. The lowest BCUT2D eigenvalue weighted by atomic mass is 9.84. The van der Waals surface area contributed by atoms with Crippen molar-refractivity contribution in [2.45, 2.75) is 32.6 Å². The van der Waals surface area contributed by atoms with Crippen molar-refractivity contribution in [2.75, 3.05) is 22.9 Å². The molecular weight excluding hydrogens is 617 g/mol. The predicted octanol–water partition coefficient (Wildman–Crippen LogP) is 13.0. The van der Waals surface area contributed by atoms with Gasteiger partial charge in [0.05, 0.1) is 0 Å². The maximum Gasteiger partial charge on any atom is 0.0443 e. The molecule has 0 unspecified atom stereocenters. The van der Waals surface area contributed by atoms with Crippen LogP contribution in [0.3, 0.4) is 0 Å². The third kappa shape index (κ3) is 5.01. The molecule has 0 bridgehead atoms. The maximum absolute atomic E-state index is 2.54. The number of hydrogen-bond acceptors (Lipinski definition) is 2. The third-order valence-electron chi connectivity index (χ3n) is 11.3. The number of fused-ring (bicyclic) bond motifs is 5. The molecule has 246 valence electrons. The van der Waals surface area contributed by atoms with Crippen molar-refractivity contribution in [3.05, 3.63) is 168 Å². The molecule has 2 aliphatic rings. The largest absolute Gasteiger partial charge is 0.341 e. The first-order valence-corrected chi connectivity index (χ1v) is 18.5. The van der Waals surface area contributed by atoms with Gasteiger partial charge in [-0.2, -0.15) is 0 Å². The van der Waals surface area contributed by atoms with Crippen molar-refractivity contribution >= 4 is 55.1 Å². The highest BCUT2D eigenvalue weighted by molar-refractivity contribution is 6.24. The van der Waals surface area contributed by atoms with Crippen molar-refractivity contribution in [2.24, 2.45) is 0 Å². The first-order valence-electron chi connectivity index (χ1n) is 18.5. The van der Waals surface area contributed by atoms with Crippen LogP contribution < -0.4 is 9.80 Å². The number of anilines is 4. The number of nitrogens with zero attached hydrogens (tertiary/aromatic N) is 2. The Hall–Kier alpha value is -5.86. The van der Waals surface area contributed by atoms with Gasteiger partial charge < -0.3 is 9.80 Å². The summed E-state index contributed by atoms with van der Waals surface area (Å²) in [6.45, 7) is 4.25. The van der Waals surface area contributed by atoms with Crippen LogP contribution in [0.2, 0.25) is 0 Å². The summed E-state index contributed by atoms with van der Waals surface area (Å²) in [5, 5.41) is 7.73. The van der Waals surface area contributed by atoms with E-state index in [1.54, 1.807) is 0 Å². The number of rotatable bonds is 4. The molecule has 0 spiro atoms. The Kier molecular flexibility index (Phi) is 7.16. The van der Waals surface area contributed by atoms with E-state index in [4.69, 9.17) is 0 Å². The van der Waals surface area contributed by atoms with Crippen LogP contribution in [0.25, 0.3) is 54.6 Å². The minimum Gasteiger partial charge on any atom is -0.341 e. The number of para-hydroxylation sites is 2. The standard InChI is InChI=1S/C49H40N2/c1-33-12-8-17-37(30-33)48-42-26-24-39(51-29-11-19-36-15-4-7-23-47(36)51)32-45(42)49(41-21-9-16-34-13-2-5-20-40(34)41)43-27-25-38(31-44(43)48)50-28-10-18-35-14-3-6-22-46(35)50/h2-9,12-17,20-27,30-32H,10-11,18-19,28-29H2,1H3. The fourth-order valence-corrected chi connectivity index (χ4v) is 8.99. The minimum absolute atomic E-state index is 1.02. The van der Waals surface area contributed by atoms with E-state index in [1.807, 2.05) is 0 Å². The van der Waals surface area contributed by atoms with Crippen molar-refractivity contribution in [3.8, 4) is 22.3 Å². The highest BCUT2D eigenvalue weighted by Crippen LogP contribution is 2.48. The van der Waals surface area contributed by atoms with Crippen LogP contribution >= 0.6 is 0 Å². The van der Waals surface area contributed by atoms with Gasteiger partial charge in [0.15, 0.2) is 0 Å². The normalized spacial score (nSPS) is 14.2. The molecule has 2 aliphatic heterocycles. The molecule has 0 saturated carbocycles. The van der Waals surface area contributed by atoms with Crippen molar-refractivity contribution in [1.82, 2.24) is 0 Å². The molecule has 2 heteroatoms. The van der Waals surface area contributed by atoms with E-state index in [9.17, 15) is 0 Å². The monoisotopic (exact) mass is 656 g/mol. The molecule has 2 nitrogen and oxygen atoms in total. The van der Waals surface area contributed by atoms with Crippen LogP contribution in [-0.2, 0) is 12.8 Å². The lowest BCUT2D eigenvalue weighted by molar-refractivity contribution is 0.767. The number of benzene rings is 8. The van der Waals surface area contributed by atoms with Crippen LogP contribution in [0.15, 0.2) is 152 Å². The van der Waals surface area contributed by atoms with E-state index in [0.29, 0.717) is 0 Å². The van der Waals surface area contributed by atoms with Crippen molar-refractivity contribution < 1.29 is 0 Å². The zero-order valence-electron chi connectivity index (χ0n) is 29.1. The molecule has 51 heavy (non-hydrogen) atoms. The molecule has 10 rings (SSSR count). The number of hydrogen-bond donors (Lipinski definition) is 0. The zero-order valence-corrected chi connectivity index (χ0v) is 29.1. The molecule has 0 aliphatic carbocycles. The lowest BCUT2D eigenvalue weighted by Crippen LogP contribution is -2.24. The molecule has 2 heterocycles. The van der Waals surface area contributed by atoms with Crippen LogP contribution in [0.4, 0.5) is 22.7 Å². The molecule has 8 aromatic carbocycles. The van der Waals surface area contributed by atoms with E-state index in [1.165, 1.54) is 94.0 Å². The molecule has 0 amide bonds. The van der Waals surface area contributed by atoms with Gasteiger partial charge in [0, 0.05) is 35.8 Å². The van der Waals surface area contributed by atoms with Gasteiger partial charge >= 0.3 is 0 Å². The summed E-state index contributed by atoms with van der Waals surface area (Å²) in [5.74, 6) is 0. The summed E-state index contributed by atoms with van der Waals surface area (Å²) in [7, 11) is 0. The molecule has 8 aromatic rings. The SMILES string of the molecule is Cc1cccc(-c2c3cc(N4CCCc5ccccc54)ccc3c(-c3cccc4ccccc34)c3cc(N4CCCc5ccccc54)ccc23)c1. The summed E-state index contributed by atoms with van der Waals surface area (Å²) in [6.07, 6.45) is 4.57. The van der Waals surface area contributed by atoms with Crippen LogP contribution in [0.1, 0.15) is 29.5 Å². The van der Waals surface area contributed by atoms with Gasteiger partial charge in [-0.15, -0.1) is 0 Å². The Morgan fingerprint density at radius 1 is 0.431 bits per heavy atom. The van der Waals surface area contributed by atoms with Gasteiger partial charge in [0.1, 0.15) is 0 Å². The zero-order chi connectivity index (χ0) is 33.9. The van der Waals surface area contributed by atoms with E-state index in [0.717, 1.165) is 38.8 Å². The Morgan fingerprint density at radius 3 is 1.69 bits per heavy atom. The van der Waals surface area contributed by atoms with Crippen LogP contribution in [0.5, 0.6) is 0 Å². The Labute approximate surface area is 300 Å². The average molecular weight is 657 g/mol. The second-order valence-electron chi connectivity index (χ2n) is 14.4. The van der Waals surface area contributed by atoms with Gasteiger partial charge in [-0.3, -0.25) is 0 Å². The first-order chi connectivity index (χ1) is 25.2. The van der Waals surface area contributed by atoms with Crippen LogP contribution in [0, 0.1) is 6.92 Å². The van der Waals surface area contributed by atoms with Gasteiger partial charge in [-0.25, -0.2) is 0 Å².